The molecule has 6 heterocycles. The fourth-order valence-electron chi connectivity index (χ4n) is 15.7. The Kier molecular flexibility index (Phi) is 24.3. The molecule has 2 aliphatic carbocycles. The van der Waals surface area contributed by atoms with E-state index in [1.54, 1.807) is 46.7 Å². The maximum Gasteiger partial charge on any atom is 0.293 e. The van der Waals surface area contributed by atoms with Crippen molar-refractivity contribution in [1.29, 1.82) is 0 Å². The minimum Gasteiger partial charge on any atom is -0.455 e. The first-order valence-electron chi connectivity index (χ1n) is 37.1. The number of nitrogens with zero attached hydrogens (tertiary/aromatic N) is 8. The van der Waals surface area contributed by atoms with E-state index in [1.807, 2.05) is 82.6 Å². The molecule has 25 heteroatoms. The number of halogens is 1. The van der Waals surface area contributed by atoms with Gasteiger partial charge in [-0.25, -0.2) is 23.1 Å². The van der Waals surface area contributed by atoms with Gasteiger partial charge in [-0.3, -0.25) is 34.3 Å². The van der Waals surface area contributed by atoms with Gasteiger partial charge in [-0.05, 0) is 172 Å². The minimum atomic E-state index is -4.63. The Morgan fingerprint density at radius 2 is 1.59 bits per heavy atom. The van der Waals surface area contributed by atoms with Crippen LogP contribution in [-0.2, 0) is 19.6 Å². The highest BCUT2D eigenvalue weighted by atomic mass is 35.5. The molecule has 0 radical (unpaired) electrons. The molecule has 5 aliphatic rings. The zero-order valence-electron chi connectivity index (χ0n) is 61.1. The van der Waals surface area contributed by atoms with E-state index in [4.69, 9.17) is 16.3 Å². The number of nitrogens with one attached hydrogen (secondary N) is 5. The molecular formula is C79H102ClN13O9S2. The first-order valence-corrected chi connectivity index (χ1v) is 39.8. The number of nitro groups is 1. The number of aromatic amines is 1. The molecule has 104 heavy (non-hydrogen) atoms. The fourth-order valence-corrected chi connectivity index (χ4v) is 17.6. The van der Waals surface area contributed by atoms with Crippen molar-refractivity contribution in [3.63, 3.8) is 0 Å². The van der Waals surface area contributed by atoms with Crippen molar-refractivity contribution < 1.29 is 37.6 Å². The molecule has 3 aliphatic heterocycles. The number of aromatic nitrogens is 3. The number of aryl methyl sites for hydroxylation is 1. The lowest BCUT2D eigenvalue weighted by Crippen LogP contribution is -2.56. The SMILES string of the molecule is Cc1ncsc1-c1ccc([C@H](C)NC(=O)[C@@H]2C[C@@H](O)CN2C(=O)[C@@H](NCCCCCCN2CCN(C3CCC(CNc4ccc(S(=O)(=O)NC(=O)c5ccc(N6CCN(CC7=C(c8ccc(Cl)cc8)CC(C)(C)CC7)CC6)cc5Oc5cnc6[nH]ccc6c5)cc4[N+](=O)[O-])CC3)CC2)C(C)(C)C)cc1. The summed E-state index contributed by atoms with van der Waals surface area (Å²) < 4.78 is 36.8. The van der Waals surface area contributed by atoms with Crippen LogP contribution in [0, 0.1) is 33.8 Å². The molecule has 4 atom stereocenters. The molecule has 0 spiro atoms. The Balaban J connectivity index is 0.572. The molecule has 12 rings (SSSR count). The molecule has 0 bridgehead atoms. The van der Waals surface area contributed by atoms with Crippen LogP contribution in [0.15, 0.2) is 125 Å². The van der Waals surface area contributed by atoms with Crippen LogP contribution in [0.3, 0.4) is 0 Å². The Morgan fingerprint density at radius 1 is 0.865 bits per heavy atom. The van der Waals surface area contributed by atoms with Crippen molar-refractivity contribution in [3.05, 3.63) is 158 Å². The standard InChI is InChI=1S/C79H102ClN13O9S2/c1-52(55-14-16-57(17-15-55)72-53(2)85-51-103-72)86-76(96)70-44-63(94)50-92(70)77(97)73(78(3,4)5)81-31-10-8-9-11-33-88-34-38-90(39-35-88)61-22-12-54(13-23-61)47-83-68-27-25-65(45-69(68)93(98)99)104(100,101)87-75(95)66-26-24-62(43-71(66)102-64-42-58-29-32-82-74(58)84-48-64)91-40-36-89(37-41-91)49-59-28-30-79(6,7)46-67(59)56-18-20-60(80)21-19-56/h14-21,24-27,29,32,42-43,45,48,51-52,54,61,63,70,73,81,83,94H,8-13,22-23,28,30-31,33-41,44,46-47,49-50H2,1-7H3,(H,82,84)(H,86,96)(H,87,95)/t52-,54?,61?,63+,70-,73+/m0/s1. The van der Waals surface area contributed by atoms with Gasteiger partial charge in [0, 0.05) is 119 Å². The average Bonchev–Trinajstić information content (AvgIpc) is 0.975. The van der Waals surface area contributed by atoms with Crippen LogP contribution in [0.2, 0.25) is 5.02 Å². The lowest BCUT2D eigenvalue weighted by Gasteiger charge is -2.42. The molecule has 6 N–H and O–H groups in total. The molecule has 22 nitrogen and oxygen atoms in total. The number of benzene rings is 4. The third-order valence-corrected chi connectivity index (χ3v) is 24.4. The van der Waals surface area contributed by atoms with Crippen LogP contribution < -0.4 is 30.3 Å². The first kappa shape index (κ1) is 75.9. The van der Waals surface area contributed by atoms with E-state index in [-0.39, 0.29) is 59.2 Å². The van der Waals surface area contributed by atoms with Crippen LogP contribution in [0.25, 0.3) is 27.0 Å². The van der Waals surface area contributed by atoms with Gasteiger partial charge in [0.2, 0.25) is 11.8 Å². The van der Waals surface area contributed by atoms with Crippen LogP contribution >= 0.6 is 22.9 Å². The van der Waals surface area contributed by atoms with Crippen molar-refractivity contribution in [2.75, 3.05) is 95.3 Å². The van der Waals surface area contributed by atoms with E-state index in [0.717, 1.165) is 167 Å². The third kappa shape index (κ3) is 18.9. The molecule has 7 aromatic rings. The van der Waals surface area contributed by atoms with Crippen molar-refractivity contribution in [2.24, 2.45) is 16.7 Å². The van der Waals surface area contributed by atoms with Gasteiger partial charge in [0.1, 0.15) is 28.9 Å². The number of likely N-dealkylation sites (tertiary alicyclic amines) is 1. The third-order valence-electron chi connectivity index (χ3n) is 21.9. The Hall–Kier alpha value is -7.81. The van der Waals surface area contributed by atoms with E-state index in [9.17, 15) is 38.0 Å². The molecule has 556 valence electrons. The van der Waals surface area contributed by atoms with E-state index < -0.39 is 55.0 Å². The van der Waals surface area contributed by atoms with Crippen molar-refractivity contribution in [3.8, 4) is 21.9 Å². The van der Waals surface area contributed by atoms with E-state index in [0.29, 0.717) is 43.6 Å². The number of aliphatic hydroxyl groups is 1. The van der Waals surface area contributed by atoms with Gasteiger partial charge in [0.05, 0.1) is 55.8 Å². The molecule has 4 fully saturated rings. The summed E-state index contributed by atoms with van der Waals surface area (Å²) in [5, 5.41) is 34.8. The maximum atomic E-state index is 14.3. The summed E-state index contributed by atoms with van der Waals surface area (Å²) in [6.45, 7) is 25.0. The van der Waals surface area contributed by atoms with Gasteiger partial charge in [0.25, 0.3) is 21.6 Å². The van der Waals surface area contributed by atoms with Crippen LogP contribution in [0.1, 0.15) is 152 Å². The summed E-state index contributed by atoms with van der Waals surface area (Å²) >= 11 is 7.89. The normalized spacial score (nSPS) is 20.7. The number of nitro benzene ring substituents is 1. The minimum absolute atomic E-state index is 0.0437. The van der Waals surface area contributed by atoms with Crippen molar-refractivity contribution in [1.82, 2.24) is 49.9 Å². The van der Waals surface area contributed by atoms with Crippen LogP contribution in [0.4, 0.5) is 17.1 Å². The number of anilines is 2. The summed E-state index contributed by atoms with van der Waals surface area (Å²) in [6.07, 6.45) is 14.0. The second-order valence-electron chi connectivity index (χ2n) is 31.0. The number of aliphatic hydroxyl groups excluding tert-OH is 1. The number of carbonyl (C=O) groups excluding carboxylic acids is 3. The van der Waals surface area contributed by atoms with Gasteiger partial charge in [-0.1, -0.05) is 101 Å². The summed E-state index contributed by atoms with van der Waals surface area (Å²) in [5.41, 5.74) is 9.93. The van der Waals surface area contributed by atoms with Gasteiger partial charge >= 0.3 is 0 Å². The Bertz CT molecular complexity index is 4310. The number of unbranched alkanes of at least 4 members (excludes halogenated alkanes) is 3. The Morgan fingerprint density at radius 3 is 2.30 bits per heavy atom. The lowest BCUT2D eigenvalue weighted by molar-refractivity contribution is -0.384. The van der Waals surface area contributed by atoms with Crippen LogP contribution in [0.5, 0.6) is 11.5 Å². The van der Waals surface area contributed by atoms with Gasteiger partial charge < -0.3 is 45.5 Å². The number of β-amino-alcohol motifs (C(OH)–C–C–N with tert-alkyl or cyclic N) is 1. The number of carbonyl (C=O) groups is 3. The maximum absolute atomic E-state index is 14.3. The zero-order chi connectivity index (χ0) is 73.5. The monoisotopic (exact) mass is 1480 g/mol. The van der Waals surface area contributed by atoms with E-state index in [2.05, 4.69) is 81.2 Å². The number of thiazole rings is 1. The smallest absolute Gasteiger partial charge is 0.293 e. The summed E-state index contributed by atoms with van der Waals surface area (Å²) in [5.74, 6) is -0.642. The summed E-state index contributed by atoms with van der Waals surface area (Å²) in [4.78, 5) is 78.5. The zero-order valence-corrected chi connectivity index (χ0v) is 63.5. The number of pyridine rings is 1. The quantitative estimate of drug-likeness (QED) is 0.0159. The molecule has 3 saturated heterocycles. The largest absolute Gasteiger partial charge is 0.455 e. The average molecular weight is 1480 g/mol. The van der Waals surface area contributed by atoms with Crippen molar-refractivity contribution in [2.45, 2.75) is 161 Å². The first-order chi connectivity index (χ1) is 49.8. The second-order valence-corrected chi connectivity index (χ2v) is 34.0. The highest BCUT2D eigenvalue weighted by Crippen LogP contribution is 2.44. The highest BCUT2D eigenvalue weighted by Gasteiger charge is 2.44. The number of hydrogen-bond acceptors (Lipinski definition) is 18. The molecule has 1 saturated carbocycles. The fraction of sp³-hybridized carbons (Fsp3) is 0.506. The molecular weight excluding hydrogens is 1370 g/mol. The molecule has 4 aromatic carbocycles. The molecule has 3 aromatic heterocycles. The topological polar surface area (TPSA) is 264 Å². The second kappa shape index (κ2) is 33.3. The molecule has 3 amide bonds. The van der Waals surface area contributed by atoms with E-state index in [1.165, 1.54) is 35.0 Å². The lowest BCUT2D eigenvalue weighted by atomic mass is 9.72. The number of rotatable bonds is 27. The van der Waals surface area contributed by atoms with Crippen LogP contribution in [-0.4, -0.2) is 180 Å². The molecule has 0 unspecified atom stereocenters. The Labute approximate surface area is 620 Å². The number of ether oxygens (including phenoxy) is 1. The number of sulfonamides is 1. The predicted molar refractivity (Wildman–Crippen MR) is 412 cm³/mol. The number of hydrogen-bond donors (Lipinski definition) is 6. The van der Waals surface area contributed by atoms with Crippen molar-refractivity contribution >= 4 is 84.4 Å². The predicted octanol–water partition coefficient (Wildman–Crippen LogP) is 13.2. The number of amides is 3. The number of piperazine rings is 2. The van der Waals surface area contributed by atoms with Gasteiger partial charge in [-0.15, -0.1) is 11.3 Å². The van der Waals surface area contributed by atoms with Gasteiger partial charge in [-0.2, -0.15) is 0 Å². The number of H-pyrrole nitrogens is 1. The van der Waals surface area contributed by atoms with E-state index >= 15 is 0 Å². The van der Waals surface area contributed by atoms with Gasteiger partial charge in [0.15, 0.2) is 0 Å². The highest BCUT2D eigenvalue weighted by molar-refractivity contribution is 7.90. The number of fused-ring (bicyclic) bond motifs is 1. The number of allylic oxidation sites excluding steroid dienone is 1. The summed E-state index contributed by atoms with van der Waals surface area (Å²) in [6, 6.07) is 27.6. The summed E-state index contributed by atoms with van der Waals surface area (Å²) in [7, 11) is -4.63.